The van der Waals surface area contributed by atoms with Crippen LogP contribution in [-0.2, 0) is 31.3 Å². The second-order valence-electron chi connectivity index (χ2n) is 13.7. The van der Waals surface area contributed by atoms with Crippen molar-refractivity contribution in [3.63, 3.8) is 0 Å². The molecule has 2 amide bonds. The van der Waals surface area contributed by atoms with Crippen molar-refractivity contribution in [3.05, 3.63) is 91.9 Å². The van der Waals surface area contributed by atoms with Crippen molar-refractivity contribution in [2.45, 2.75) is 62.8 Å². The Hall–Kier alpha value is -2.85. The van der Waals surface area contributed by atoms with E-state index in [2.05, 4.69) is 5.32 Å². The molecule has 3 aromatic rings. The molecule has 252 valence electrons. The summed E-state index contributed by atoms with van der Waals surface area (Å²) in [7, 11) is 0. The van der Waals surface area contributed by atoms with Crippen molar-refractivity contribution in [2.24, 2.45) is 17.8 Å². The molecule has 2 N–H and O–H groups in total. The second kappa shape index (κ2) is 12.8. The van der Waals surface area contributed by atoms with Gasteiger partial charge in [0, 0.05) is 45.5 Å². The van der Waals surface area contributed by atoms with Crippen LogP contribution in [-0.4, -0.2) is 52.5 Å². The number of carbonyl (C=O) groups is 3. The van der Waals surface area contributed by atoms with Gasteiger partial charge in [-0.05, 0) is 68.0 Å². The van der Waals surface area contributed by atoms with Crippen LogP contribution in [0.3, 0.4) is 0 Å². The maximum atomic E-state index is 15.2. The molecule has 2 saturated heterocycles. The van der Waals surface area contributed by atoms with Gasteiger partial charge in [-0.3, -0.25) is 19.3 Å². The quantitative estimate of drug-likeness (QED) is 0.244. The minimum atomic E-state index is -1.78. The first-order chi connectivity index (χ1) is 22.9. The van der Waals surface area contributed by atoms with E-state index in [1.807, 2.05) is 42.2 Å². The highest BCUT2D eigenvalue weighted by atomic mass is 35.5. The van der Waals surface area contributed by atoms with Crippen LogP contribution in [0.4, 0.5) is 11.4 Å². The molecule has 0 bridgehead atoms. The Morgan fingerprint density at radius 2 is 1.67 bits per heavy atom. The number of rotatable bonds is 8. The normalized spacial score (nSPS) is 28.1. The van der Waals surface area contributed by atoms with E-state index in [0.29, 0.717) is 46.6 Å². The van der Waals surface area contributed by atoms with Gasteiger partial charge in [-0.15, -0.1) is 0 Å². The summed E-state index contributed by atoms with van der Waals surface area (Å²) < 4.78 is 6.56. The van der Waals surface area contributed by atoms with E-state index in [1.165, 1.54) is 6.07 Å². The highest BCUT2D eigenvalue weighted by molar-refractivity contribution is 6.38. The van der Waals surface area contributed by atoms with E-state index in [1.54, 1.807) is 29.2 Å². The molecule has 3 aromatic carbocycles. The monoisotopic (exact) mass is 729 g/mol. The number of anilines is 2. The fourth-order valence-corrected chi connectivity index (χ4v) is 9.67. The molecule has 5 atom stereocenters. The van der Waals surface area contributed by atoms with Crippen LogP contribution in [0, 0.1) is 17.8 Å². The Labute approximate surface area is 299 Å². The van der Waals surface area contributed by atoms with E-state index in [4.69, 9.17) is 51.1 Å². The van der Waals surface area contributed by atoms with Crippen molar-refractivity contribution in [3.8, 4) is 0 Å². The van der Waals surface area contributed by atoms with Crippen LogP contribution in [0.5, 0.6) is 0 Å². The molecule has 1 saturated carbocycles. The van der Waals surface area contributed by atoms with Crippen molar-refractivity contribution >= 4 is 75.6 Å². The SMILES string of the molecule is C[C@]1(OCc2ccccc2)CC2C(C(=O)N(CC3CCCC3)c3cc(Cl)cc(Cl)c3)C(C(=O)O)[C@@]3(C(=O)Nc4c(Cl)cc(Cl)cc43)N2C1. The largest absolute Gasteiger partial charge is 0.481 e. The third-order valence-corrected chi connectivity index (χ3v) is 11.5. The Morgan fingerprint density at radius 1 is 1.00 bits per heavy atom. The predicted molar refractivity (Wildman–Crippen MR) is 187 cm³/mol. The zero-order valence-electron chi connectivity index (χ0n) is 26.2. The van der Waals surface area contributed by atoms with Crippen molar-refractivity contribution < 1.29 is 24.2 Å². The number of carboxylic acid groups (broad SMARTS) is 1. The lowest BCUT2D eigenvalue weighted by Crippen LogP contribution is -2.55. The van der Waals surface area contributed by atoms with Gasteiger partial charge in [0.05, 0.1) is 28.8 Å². The van der Waals surface area contributed by atoms with Gasteiger partial charge in [-0.25, -0.2) is 0 Å². The summed E-state index contributed by atoms with van der Waals surface area (Å²) in [6, 6.07) is 17.1. The lowest BCUT2D eigenvalue weighted by atomic mass is 9.72. The number of halogens is 4. The number of carbonyl (C=O) groups excluding carboxylic acids is 2. The first-order valence-electron chi connectivity index (χ1n) is 16.2. The average Bonchev–Trinajstić information content (AvgIpc) is 3.79. The topological polar surface area (TPSA) is 99.2 Å². The molecule has 0 radical (unpaired) electrons. The van der Waals surface area contributed by atoms with Gasteiger partial charge in [0.1, 0.15) is 11.5 Å². The molecule has 0 aromatic heterocycles. The standard InChI is InChI=1S/C36H35Cl4N3O5/c1-35(48-18-21-9-3-2-4-10-21)16-28-29(32(44)42(17-20-7-5-6-8-20)25-12-22(37)11-23(38)13-25)30(33(45)46)36(43(28)19-35)26-14-24(39)15-27(40)31(26)41-34(36)47/h2-4,9-15,20,28-30H,5-8,16-19H2,1H3,(H,41,47)(H,45,46)/t28?,29?,30?,35-,36-/m0/s1. The smallest absolute Gasteiger partial charge is 0.310 e. The summed E-state index contributed by atoms with van der Waals surface area (Å²) in [5.41, 5.74) is -0.495. The molecule has 3 aliphatic heterocycles. The van der Waals surface area contributed by atoms with Gasteiger partial charge in [0.25, 0.3) is 5.91 Å². The summed E-state index contributed by atoms with van der Waals surface area (Å²) in [5.74, 6) is -4.62. The molecule has 3 fully saturated rings. The summed E-state index contributed by atoms with van der Waals surface area (Å²) in [5, 5.41) is 15.1. The molecular formula is C36H35Cl4N3O5. The number of nitrogens with one attached hydrogen (secondary N) is 1. The van der Waals surface area contributed by atoms with Gasteiger partial charge in [0.15, 0.2) is 0 Å². The van der Waals surface area contributed by atoms with Crippen molar-refractivity contribution in [1.82, 2.24) is 4.90 Å². The number of hydrogen-bond acceptors (Lipinski definition) is 5. The van der Waals surface area contributed by atoms with Crippen LogP contribution in [0.25, 0.3) is 0 Å². The van der Waals surface area contributed by atoms with Gasteiger partial charge in [0.2, 0.25) is 5.91 Å². The first kappa shape index (κ1) is 33.6. The molecule has 3 heterocycles. The highest BCUT2D eigenvalue weighted by Crippen LogP contribution is 2.61. The summed E-state index contributed by atoms with van der Waals surface area (Å²) in [6.07, 6.45) is 4.32. The molecule has 4 aliphatic rings. The Bertz CT molecular complexity index is 1770. The fourth-order valence-electron chi connectivity index (χ4n) is 8.61. The van der Waals surface area contributed by atoms with Gasteiger partial charge in [-0.1, -0.05) is 89.6 Å². The third kappa shape index (κ3) is 5.68. The maximum absolute atomic E-state index is 15.2. The van der Waals surface area contributed by atoms with Crippen molar-refractivity contribution in [2.75, 3.05) is 23.3 Å². The fraction of sp³-hybridized carbons (Fsp3) is 0.417. The maximum Gasteiger partial charge on any atom is 0.310 e. The van der Waals surface area contributed by atoms with E-state index >= 15 is 4.79 Å². The van der Waals surface area contributed by atoms with Crippen LogP contribution < -0.4 is 10.2 Å². The van der Waals surface area contributed by atoms with Crippen molar-refractivity contribution in [1.29, 1.82) is 0 Å². The lowest BCUT2D eigenvalue weighted by Gasteiger charge is -2.38. The van der Waals surface area contributed by atoms with Crippen LogP contribution >= 0.6 is 46.4 Å². The zero-order valence-corrected chi connectivity index (χ0v) is 29.2. The molecule has 8 nitrogen and oxygen atoms in total. The highest BCUT2D eigenvalue weighted by Gasteiger charge is 2.74. The number of benzene rings is 3. The summed E-state index contributed by atoms with van der Waals surface area (Å²) in [4.78, 5) is 46.8. The van der Waals surface area contributed by atoms with E-state index < -0.39 is 46.8 Å². The molecule has 3 unspecified atom stereocenters. The summed E-state index contributed by atoms with van der Waals surface area (Å²) in [6.45, 7) is 2.83. The number of ether oxygens (including phenoxy) is 1. The third-order valence-electron chi connectivity index (χ3n) is 10.6. The number of hydrogen-bond donors (Lipinski definition) is 2. The Kier molecular flexibility index (Phi) is 8.97. The average molecular weight is 732 g/mol. The minimum absolute atomic E-state index is 0.192. The summed E-state index contributed by atoms with van der Waals surface area (Å²) >= 11 is 26.0. The van der Waals surface area contributed by atoms with Gasteiger partial charge < -0.3 is 20.1 Å². The minimum Gasteiger partial charge on any atom is -0.481 e. The molecule has 7 rings (SSSR count). The van der Waals surface area contributed by atoms with E-state index in [9.17, 15) is 14.7 Å². The van der Waals surface area contributed by atoms with Gasteiger partial charge in [-0.2, -0.15) is 0 Å². The second-order valence-corrected chi connectivity index (χ2v) is 15.4. The zero-order chi connectivity index (χ0) is 34.0. The Morgan fingerprint density at radius 3 is 2.33 bits per heavy atom. The molecule has 1 aliphatic carbocycles. The predicted octanol–water partition coefficient (Wildman–Crippen LogP) is 8.05. The van der Waals surface area contributed by atoms with Gasteiger partial charge >= 0.3 is 5.97 Å². The van der Waals surface area contributed by atoms with Crippen LogP contribution in [0.2, 0.25) is 20.1 Å². The first-order valence-corrected chi connectivity index (χ1v) is 17.7. The lowest BCUT2D eigenvalue weighted by molar-refractivity contribution is -0.153. The number of nitrogens with zero attached hydrogens (tertiary/aromatic N) is 2. The van der Waals surface area contributed by atoms with E-state index in [0.717, 1.165) is 31.2 Å². The Balaban J connectivity index is 1.37. The molecule has 12 heteroatoms. The van der Waals surface area contributed by atoms with Crippen LogP contribution in [0.15, 0.2) is 60.7 Å². The number of amides is 2. The van der Waals surface area contributed by atoms with Crippen LogP contribution in [0.1, 0.15) is 50.2 Å². The number of aliphatic carboxylic acids is 1. The molecular weight excluding hydrogens is 696 g/mol. The van der Waals surface area contributed by atoms with E-state index in [-0.39, 0.29) is 22.5 Å². The number of carboxylic acids is 1. The number of fused-ring (bicyclic) bond motifs is 4. The molecule has 1 spiro atoms. The molecule has 48 heavy (non-hydrogen) atoms.